The normalized spacial score (nSPS) is 11.4. The molecule has 0 radical (unpaired) electrons. The van der Waals surface area contributed by atoms with Crippen LogP contribution >= 0.6 is 11.3 Å². The number of carbonyl (C=O) groups is 2. The van der Waals surface area contributed by atoms with E-state index in [-0.39, 0.29) is 33.4 Å². The van der Waals surface area contributed by atoms with Gasteiger partial charge < -0.3 is 14.6 Å². The van der Waals surface area contributed by atoms with Crippen LogP contribution in [0.1, 0.15) is 57.1 Å². The van der Waals surface area contributed by atoms with Gasteiger partial charge in [0.25, 0.3) is 0 Å². The Bertz CT molecular complexity index is 787. The average Bonchev–Trinajstić information content (AvgIpc) is 2.87. The topological polar surface area (TPSA) is 79.3 Å². The number of benzene rings is 1. The predicted octanol–water partition coefficient (Wildman–Crippen LogP) is 2.68. The molecule has 0 fully saturated rings. The van der Waals surface area contributed by atoms with Crippen molar-refractivity contribution in [3.63, 3.8) is 0 Å². The number of thiazole rings is 1. The second-order valence-electron chi connectivity index (χ2n) is 6.68. The zero-order valence-electron chi connectivity index (χ0n) is 14.4. The van der Waals surface area contributed by atoms with Gasteiger partial charge in [0.15, 0.2) is 11.6 Å². The molecule has 0 atom stereocenters. The molecule has 0 saturated carbocycles. The third-order valence-electron chi connectivity index (χ3n) is 3.52. The highest BCUT2D eigenvalue weighted by molar-refractivity contribution is 7.15. The van der Waals surface area contributed by atoms with Crippen LogP contribution in [-0.4, -0.2) is 23.3 Å². The van der Waals surface area contributed by atoms with Crippen molar-refractivity contribution in [2.75, 3.05) is 6.61 Å². The number of nitrogens with zero attached hydrogens (tertiary/aromatic N) is 1. The van der Waals surface area contributed by atoms with Crippen LogP contribution in [0.25, 0.3) is 0 Å². The predicted molar refractivity (Wildman–Crippen MR) is 90.9 cm³/mol. The number of carboxylic acids is 1. The Labute approximate surface area is 145 Å². The molecule has 0 aliphatic rings. The second kappa shape index (κ2) is 6.73. The van der Waals surface area contributed by atoms with Gasteiger partial charge in [-0.1, -0.05) is 38.5 Å². The van der Waals surface area contributed by atoms with Crippen molar-refractivity contribution in [2.24, 2.45) is 0 Å². The summed E-state index contributed by atoms with van der Waals surface area (Å²) in [4.78, 5) is 27.2. The van der Waals surface area contributed by atoms with Gasteiger partial charge >= 0.3 is 0 Å². The van der Waals surface area contributed by atoms with Crippen LogP contribution in [0.4, 0.5) is 0 Å². The minimum atomic E-state index is -1.32. The lowest BCUT2D eigenvalue weighted by Gasteiger charge is -2.23. The zero-order chi connectivity index (χ0) is 18.1. The van der Waals surface area contributed by atoms with E-state index in [1.165, 1.54) is 6.92 Å². The fourth-order valence-electron chi connectivity index (χ4n) is 2.27. The fourth-order valence-corrected chi connectivity index (χ4v) is 3.09. The first-order valence-electron chi connectivity index (χ1n) is 7.55. The van der Waals surface area contributed by atoms with Crippen molar-refractivity contribution < 1.29 is 19.4 Å². The number of Topliss-reactive ketones (excluding diaryl/α,β-unsaturated/α-hetero) is 1. The molecule has 0 aliphatic heterocycles. The number of ether oxygens (including phenoxy) is 1. The SMILES string of the molecule is Cc1ccc(OCC(=O)c2nc(C)c(C(=O)[O-])s2)c(C(C)(C)C)c1. The van der Waals surface area contributed by atoms with Crippen LogP contribution < -0.4 is 9.84 Å². The maximum atomic E-state index is 12.2. The maximum absolute atomic E-state index is 12.2. The van der Waals surface area contributed by atoms with Crippen LogP contribution in [0.15, 0.2) is 18.2 Å². The number of rotatable bonds is 5. The molecule has 2 rings (SSSR count). The average molecular weight is 346 g/mol. The van der Waals surface area contributed by atoms with Crippen molar-refractivity contribution >= 4 is 23.1 Å². The van der Waals surface area contributed by atoms with Gasteiger partial charge in [-0.15, -0.1) is 11.3 Å². The van der Waals surface area contributed by atoms with E-state index in [4.69, 9.17) is 4.74 Å². The highest BCUT2D eigenvalue weighted by Crippen LogP contribution is 2.32. The van der Waals surface area contributed by atoms with E-state index >= 15 is 0 Å². The summed E-state index contributed by atoms with van der Waals surface area (Å²) in [7, 11) is 0. The number of hydrogen-bond acceptors (Lipinski definition) is 6. The van der Waals surface area contributed by atoms with E-state index in [0.29, 0.717) is 5.75 Å². The molecule has 6 heteroatoms. The summed E-state index contributed by atoms with van der Waals surface area (Å²) < 4.78 is 5.70. The standard InChI is InChI=1S/C18H21NO4S/c1-10-6-7-14(12(8-10)18(3,4)5)23-9-13(20)16-19-11(2)15(24-16)17(21)22/h6-8H,9H2,1-5H3,(H,21,22)/p-1. The first-order chi connectivity index (χ1) is 11.1. The Morgan fingerprint density at radius 3 is 2.46 bits per heavy atom. The third kappa shape index (κ3) is 4.00. The smallest absolute Gasteiger partial charge is 0.228 e. The molecular formula is C18H20NO4S-. The lowest BCUT2D eigenvalue weighted by atomic mass is 9.85. The van der Waals surface area contributed by atoms with Crippen LogP contribution in [-0.2, 0) is 5.41 Å². The summed E-state index contributed by atoms with van der Waals surface area (Å²) in [5.41, 5.74) is 2.30. The van der Waals surface area contributed by atoms with Gasteiger partial charge in [0.1, 0.15) is 5.75 Å². The Balaban J connectivity index is 2.18. The molecule has 0 N–H and O–H groups in total. The Morgan fingerprint density at radius 2 is 1.92 bits per heavy atom. The maximum Gasteiger partial charge on any atom is 0.228 e. The fraction of sp³-hybridized carbons (Fsp3) is 0.389. The summed E-state index contributed by atoms with van der Waals surface area (Å²) in [5, 5.41) is 11.1. The molecule has 0 unspecified atom stereocenters. The van der Waals surface area contributed by atoms with Crippen LogP contribution in [0.5, 0.6) is 5.75 Å². The number of carboxylic acid groups (broad SMARTS) is 1. The second-order valence-corrected chi connectivity index (χ2v) is 7.68. The summed E-state index contributed by atoms with van der Waals surface area (Å²) in [6, 6.07) is 5.82. The summed E-state index contributed by atoms with van der Waals surface area (Å²) >= 11 is 0.820. The van der Waals surface area contributed by atoms with E-state index in [1.807, 2.05) is 25.1 Å². The first-order valence-corrected chi connectivity index (χ1v) is 8.37. The quantitative estimate of drug-likeness (QED) is 0.778. The number of hydrogen-bond donors (Lipinski definition) is 0. The highest BCUT2D eigenvalue weighted by Gasteiger charge is 2.21. The monoisotopic (exact) mass is 346 g/mol. The summed E-state index contributed by atoms with van der Waals surface area (Å²) in [6.07, 6.45) is 0. The van der Waals surface area contributed by atoms with Gasteiger partial charge in [0.05, 0.1) is 16.5 Å². The summed E-state index contributed by atoms with van der Waals surface area (Å²) in [6.45, 7) is 9.58. The number of aryl methyl sites for hydroxylation is 2. The van der Waals surface area contributed by atoms with E-state index in [9.17, 15) is 14.7 Å². The van der Waals surface area contributed by atoms with Crippen molar-refractivity contribution in [3.8, 4) is 5.75 Å². The van der Waals surface area contributed by atoms with Crippen molar-refractivity contribution in [1.82, 2.24) is 4.98 Å². The third-order valence-corrected chi connectivity index (χ3v) is 4.70. The van der Waals surface area contributed by atoms with E-state index in [0.717, 1.165) is 22.5 Å². The Hall–Kier alpha value is -2.21. The molecule has 1 aromatic heterocycles. The molecule has 0 aliphatic carbocycles. The van der Waals surface area contributed by atoms with Gasteiger partial charge in [0, 0.05) is 0 Å². The molecule has 24 heavy (non-hydrogen) atoms. The van der Waals surface area contributed by atoms with Gasteiger partial charge in [0.2, 0.25) is 5.78 Å². The zero-order valence-corrected chi connectivity index (χ0v) is 15.2. The van der Waals surface area contributed by atoms with E-state index < -0.39 is 5.97 Å². The molecular weight excluding hydrogens is 326 g/mol. The van der Waals surface area contributed by atoms with Crippen molar-refractivity contribution in [2.45, 2.75) is 40.0 Å². The molecule has 0 amide bonds. The van der Waals surface area contributed by atoms with Gasteiger partial charge in [-0.2, -0.15) is 0 Å². The van der Waals surface area contributed by atoms with Crippen LogP contribution in [0, 0.1) is 13.8 Å². The van der Waals surface area contributed by atoms with E-state index in [2.05, 4.69) is 25.8 Å². The van der Waals surface area contributed by atoms with Crippen LogP contribution in [0.3, 0.4) is 0 Å². The molecule has 0 spiro atoms. The molecule has 0 saturated heterocycles. The lowest BCUT2D eigenvalue weighted by Crippen LogP contribution is -2.21. The number of ketones is 1. The minimum Gasteiger partial charge on any atom is -0.544 e. The molecule has 2 aromatic rings. The lowest BCUT2D eigenvalue weighted by molar-refractivity contribution is -0.254. The van der Waals surface area contributed by atoms with Crippen molar-refractivity contribution in [3.05, 3.63) is 44.9 Å². The highest BCUT2D eigenvalue weighted by atomic mass is 32.1. The molecule has 128 valence electrons. The molecule has 1 aromatic carbocycles. The van der Waals surface area contributed by atoms with E-state index in [1.54, 1.807) is 0 Å². The molecule has 5 nitrogen and oxygen atoms in total. The minimum absolute atomic E-state index is 0.0240. The van der Waals surface area contributed by atoms with Crippen LogP contribution in [0.2, 0.25) is 0 Å². The van der Waals surface area contributed by atoms with Gasteiger partial charge in [-0.05, 0) is 30.9 Å². The number of aromatic nitrogens is 1. The van der Waals surface area contributed by atoms with Gasteiger partial charge in [-0.25, -0.2) is 4.98 Å². The number of carbonyl (C=O) groups excluding carboxylic acids is 2. The molecule has 0 bridgehead atoms. The summed E-state index contributed by atoms with van der Waals surface area (Å²) in [5.74, 6) is -1.02. The largest absolute Gasteiger partial charge is 0.544 e. The Morgan fingerprint density at radius 1 is 1.25 bits per heavy atom. The number of aromatic carboxylic acids is 1. The van der Waals surface area contributed by atoms with Crippen molar-refractivity contribution in [1.29, 1.82) is 0 Å². The molecule has 1 heterocycles. The first kappa shape index (κ1) is 18.1. The van der Waals surface area contributed by atoms with Gasteiger partial charge in [-0.3, -0.25) is 4.79 Å². The Kier molecular flexibility index (Phi) is 5.08.